The van der Waals surface area contributed by atoms with Gasteiger partial charge in [0.25, 0.3) is 10.0 Å². The van der Waals surface area contributed by atoms with Crippen LogP contribution in [-0.4, -0.2) is 31.7 Å². The minimum absolute atomic E-state index is 0.265. The Labute approximate surface area is 206 Å². The molecule has 0 unspecified atom stereocenters. The van der Waals surface area contributed by atoms with Crippen molar-refractivity contribution < 1.29 is 8.42 Å². The number of sulfonamides is 1. The zero-order valence-corrected chi connectivity index (χ0v) is 20.7. The molecule has 0 bridgehead atoms. The summed E-state index contributed by atoms with van der Waals surface area (Å²) in [6.45, 7) is 3.92. The molecule has 4 aromatic rings. The van der Waals surface area contributed by atoms with E-state index in [0.717, 1.165) is 72.2 Å². The van der Waals surface area contributed by atoms with Crippen molar-refractivity contribution >= 4 is 44.5 Å². The summed E-state index contributed by atoms with van der Waals surface area (Å²) in [6.07, 6.45) is 8.10. The van der Waals surface area contributed by atoms with E-state index < -0.39 is 10.0 Å². The Balaban J connectivity index is 1.52. The third-order valence-electron chi connectivity index (χ3n) is 6.41. The van der Waals surface area contributed by atoms with Gasteiger partial charge >= 0.3 is 0 Å². The van der Waals surface area contributed by atoms with Crippen LogP contribution >= 0.6 is 0 Å². The number of aryl methyl sites for hydroxylation is 1. The van der Waals surface area contributed by atoms with Gasteiger partial charge < -0.3 is 4.90 Å². The number of nitrogens with one attached hydrogen (secondary N) is 2. The van der Waals surface area contributed by atoms with Crippen LogP contribution in [0.5, 0.6) is 0 Å². The van der Waals surface area contributed by atoms with Crippen molar-refractivity contribution in [2.75, 3.05) is 22.7 Å². The van der Waals surface area contributed by atoms with Gasteiger partial charge in [0.1, 0.15) is 0 Å². The molecular weight excluding hydrogens is 456 g/mol. The average molecular weight is 487 g/mol. The van der Waals surface area contributed by atoms with E-state index in [-0.39, 0.29) is 4.90 Å². The first kappa shape index (κ1) is 23.2. The second-order valence-electron chi connectivity index (χ2n) is 8.96. The van der Waals surface area contributed by atoms with Gasteiger partial charge in [0.05, 0.1) is 27.5 Å². The number of nitrogens with zero attached hydrogens (tertiary/aromatic N) is 2. The van der Waals surface area contributed by atoms with Crippen molar-refractivity contribution in [2.45, 2.75) is 37.5 Å². The fraction of sp³-hybridized carbons (Fsp3) is 0.250. The summed E-state index contributed by atoms with van der Waals surface area (Å²) in [5, 5.41) is 8.49. The maximum absolute atomic E-state index is 13.3. The lowest BCUT2D eigenvalue weighted by Gasteiger charge is -2.22. The predicted octanol–water partition coefficient (Wildman–Crippen LogP) is 6.09. The first-order valence-corrected chi connectivity index (χ1v) is 13.6. The highest BCUT2D eigenvalue weighted by Gasteiger charge is 2.22. The smallest absolute Gasteiger partial charge is 0.261 e. The summed E-state index contributed by atoms with van der Waals surface area (Å²) in [5.74, 6) is 0. The Morgan fingerprint density at radius 2 is 1.74 bits per heavy atom. The molecule has 0 radical (unpaired) electrons. The molecule has 180 valence electrons. The summed E-state index contributed by atoms with van der Waals surface area (Å²) < 4.78 is 29.6. The number of aromatic nitrogens is 2. The second kappa shape index (κ2) is 9.96. The molecule has 5 rings (SSSR count). The molecule has 7 heteroatoms. The first-order valence-electron chi connectivity index (χ1n) is 12.2. The number of fused-ring (bicyclic) bond motifs is 1. The summed E-state index contributed by atoms with van der Waals surface area (Å²) in [6, 6.07) is 21.1. The third-order valence-corrected chi connectivity index (χ3v) is 7.79. The molecule has 2 N–H and O–H groups in total. The molecule has 0 saturated carbocycles. The Bertz CT molecular complexity index is 1440. The van der Waals surface area contributed by atoms with E-state index in [4.69, 9.17) is 0 Å². The maximum Gasteiger partial charge on any atom is 0.261 e. The molecule has 1 fully saturated rings. The van der Waals surface area contributed by atoms with Crippen LogP contribution in [0.15, 0.2) is 71.6 Å². The molecule has 0 atom stereocenters. The van der Waals surface area contributed by atoms with Crippen molar-refractivity contribution in [2.24, 2.45) is 0 Å². The number of aromatic amines is 1. The number of hydrogen-bond donors (Lipinski definition) is 2. The van der Waals surface area contributed by atoms with Crippen molar-refractivity contribution in [3.8, 4) is 0 Å². The number of H-pyrrole nitrogens is 1. The minimum Gasteiger partial charge on any atom is -0.370 e. The van der Waals surface area contributed by atoms with Crippen LogP contribution in [0.1, 0.15) is 43.0 Å². The molecule has 1 aliphatic heterocycles. The summed E-state index contributed by atoms with van der Waals surface area (Å²) in [5.41, 5.74) is 5.31. The average Bonchev–Trinajstić information content (AvgIpc) is 3.53. The quantitative estimate of drug-likeness (QED) is 0.316. The summed E-state index contributed by atoms with van der Waals surface area (Å²) in [4.78, 5) is 2.50. The molecular formula is C28H30N4O2S. The van der Waals surface area contributed by atoms with E-state index in [2.05, 4.69) is 26.7 Å². The van der Waals surface area contributed by atoms with Gasteiger partial charge in [0.15, 0.2) is 0 Å². The normalized spacial score (nSPS) is 14.3. The molecule has 6 nitrogen and oxygen atoms in total. The van der Waals surface area contributed by atoms with Gasteiger partial charge in [0.2, 0.25) is 0 Å². The van der Waals surface area contributed by atoms with Crippen molar-refractivity contribution in [3.63, 3.8) is 0 Å². The lowest BCUT2D eigenvalue weighted by molar-refractivity contribution is 0.601. The van der Waals surface area contributed by atoms with Crippen LogP contribution in [0.4, 0.5) is 11.4 Å². The summed E-state index contributed by atoms with van der Waals surface area (Å²) >= 11 is 0. The van der Waals surface area contributed by atoms with E-state index >= 15 is 0 Å². The fourth-order valence-electron chi connectivity index (χ4n) is 4.57. The highest BCUT2D eigenvalue weighted by atomic mass is 32.2. The SMILES string of the molecule is CCCc1ccc(S(=O)(=O)Nc2cc3c(C=Cc4ccccc4)n[nH]c3cc2N2CCCC2)cc1. The molecule has 1 saturated heterocycles. The number of rotatable bonds is 8. The van der Waals surface area contributed by atoms with Crippen LogP contribution in [0.25, 0.3) is 23.1 Å². The van der Waals surface area contributed by atoms with Gasteiger partial charge in [-0.2, -0.15) is 5.10 Å². The molecule has 2 heterocycles. The Hall–Kier alpha value is -3.58. The highest BCUT2D eigenvalue weighted by molar-refractivity contribution is 7.92. The van der Waals surface area contributed by atoms with Crippen LogP contribution in [0, 0.1) is 0 Å². The monoisotopic (exact) mass is 486 g/mol. The van der Waals surface area contributed by atoms with E-state index in [1.807, 2.05) is 66.7 Å². The van der Waals surface area contributed by atoms with Crippen LogP contribution < -0.4 is 9.62 Å². The van der Waals surface area contributed by atoms with Crippen molar-refractivity contribution in [1.29, 1.82) is 0 Å². The second-order valence-corrected chi connectivity index (χ2v) is 10.6. The van der Waals surface area contributed by atoms with E-state index in [0.29, 0.717) is 5.69 Å². The van der Waals surface area contributed by atoms with Crippen LogP contribution in [-0.2, 0) is 16.4 Å². The minimum atomic E-state index is -3.74. The zero-order chi connectivity index (χ0) is 24.3. The van der Waals surface area contributed by atoms with Crippen LogP contribution in [0.2, 0.25) is 0 Å². The number of hydrogen-bond acceptors (Lipinski definition) is 4. The van der Waals surface area contributed by atoms with E-state index in [1.165, 1.54) is 0 Å². The van der Waals surface area contributed by atoms with Gasteiger partial charge in [-0.3, -0.25) is 9.82 Å². The van der Waals surface area contributed by atoms with Gasteiger partial charge in [-0.1, -0.05) is 61.9 Å². The molecule has 3 aromatic carbocycles. The Morgan fingerprint density at radius 1 is 1.00 bits per heavy atom. The summed E-state index contributed by atoms with van der Waals surface area (Å²) in [7, 11) is -3.74. The molecule has 0 aliphatic carbocycles. The molecule has 0 spiro atoms. The lowest BCUT2D eigenvalue weighted by atomic mass is 10.1. The molecule has 0 amide bonds. The van der Waals surface area contributed by atoms with Gasteiger partial charge in [-0.05, 0) is 60.7 Å². The van der Waals surface area contributed by atoms with Crippen molar-refractivity contribution in [3.05, 3.63) is 83.6 Å². The highest BCUT2D eigenvalue weighted by Crippen LogP contribution is 2.35. The largest absolute Gasteiger partial charge is 0.370 e. The third kappa shape index (κ3) is 5.10. The van der Waals surface area contributed by atoms with E-state index in [9.17, 15) is 8.42 Å². The standard InChI is InChI=1S/C28H30N4O2S/c1-2-8-21-11-14-23(15-12-21)35(33,34)31-27-19-24-25(16-13-22-9-4-3-5-10-22)29-30-26(24)20-28(27)32-17-6-7-18-32/h3-5,9-16,19-20,31H,2,6-8,17-18H2,1H3,(H,29,30). The molecule has 1 aliphatic rings. The maximum atomic E-state index is 13.3. The predicted molar refractivity (Wildman–Crippen MR) is 144 cm³/mol. The fourth-order valence-corrected chi connectivity index (χ4v) is 5.63. The number of benzene rings is 3. The molecule has 1 aromatic heterocycles. The van der Waals surface area contributed by atoms with E-state index in [1.54, 1.807) is 12.1 Å². The Morgan fingerprint density at radius 3 is 2.46 bits per heavy atom. The first-order chi connectivity index (χ1) is 17.0. The Kier molecular flexibility index (Phi) is 6.59. The molecule has 35 heavy (non-hydrogen) atoms. The number of anilines is 2. The van der Waals surface area contributed by atoms with Gasteiger partial charge in [0, 0.05) is 18.5 Å². The lowest BCUT2D eigenvalue weighted by Crippen LogP contribution is -2.21. The van der Waals surface area contributed by atoms with Crippen LogP contribution in [0.3, 0.4) is 0 Å². The van der Waals surface area contributed by atoms with Gasteiger partial charge in [-0.25, -0.2) is 8.42 Å². The zero-order valence-electron chi connectivity index (χ0n) is 19.9. The van der Waals surface area contributed by atoms with Crippen molar-refractivity contribution in [1.82, 2.24) is 10.2 Å². The topological polar surface area (TPSA) is 78.1 Å². The van der Waals surface area contributed by atoms with Gasteiger partial charge in [-0.15, -0.1) is 0 Å².